The summed E-state index contributed by atoms with van der Waals surface area (Å²) in [6.07, 6.45) is 1.93. The van der Waals surface area contributed by atoms with Crippen LogP contribution in [0.2, 0.25) is 0 Å². The van der Waals surface area contributed by atoms with E-state index < -0.39 is 5.76 Å². The van der Waals surface area contributed by atoms with Gasteiger partial charge in [-0.1, -0.05) is 74.8 Å². The number of ether oxygens (including phenoxy) is 1. The molecule has 3 aromatic carbocycles. The molecule has 1 N–H and O–H groups in total. The smallest absolute Gasteiger partial charge is 0.439 e. The Labute approximate surface area is 238 Å². The summed E-state index contributed by atoms with van der Waals surface area (Å²) in [5.74, 6) is 1.54. The average molecular weight is 551 g/mol. The second-order valence-corrected chi connectivity index (χ2v) is 10.5. The highest BCUT2D eigenvalue weighted by molar-refractivity contribution is 5.81. The maximum Gasteiger partial charge on any atom is 0.439 e. The molecule has 2 heterocycles. The normalized spacial score (nSPS) is 11.2. The number of hydrogen-bond acceptors (Lipinski definition) is 6. The molecule has 0 aliphatic carbocycles. The number of nitrogens with one attached hydrogen (secondary N) is 1. The average Bonchev–Trinajstić information content (AvgIpc) is 3.41. The van der Waals surface area contributed by atoms with E-state index in [1.165, 1.54) is 0 Å². The third kappa shape index (κ3) is 6.22. The van der Waals surface area contributed by atoms with Crippen LogP contribution in [-0.4, -0.2) is 26.3 Å². The minimum atomic E-state index is -0.624. The zero-order valence-electron chi connectivity index (χ0n) is 23.8. The Kier molecular flexibility index (Phi) is 8.29. The van der Waals surface area contributed by atoms with Gasteiger partial charge >= 0.3 is 5.76 Å². The summed E-state index contributed by atoms with van der Waals surface area (Å²) >= 11 is 0. The summed E-state index contributed by atoms with van der Waals surface area (Å²) in [7, 11) is 0. The van der Waals surface area contributed by atoms with Crippen LogP contribution in [0.15, 0.2) is 86.9 Å². The number of aromatic amines is 1. The van der Waals surface area contributed by atoms with Crippen molar-refractivity contribution in [3.05, 3.63) is 116 Å². The molecule has 0 aliphatic heterocycles. The van der Waals surface area contributed by atoms with Crippen LogP contribution in [-0.2, 0) is 12.8 Å². The van der Waals surface area contributed by atoms with Crippen LogP contribution in [0, 0.1) is 12.8 Å². The lowest BCUT2D eigenvalue weighted by atomic mass is 9.94. The fourth-order valence-electron chi connectivity index (χ4n) is 4.91. The maximum absolute atomic E-state index is 14.1. The summed E-state index contributed by atoms with van der Waals surface area (Å²) in [4.78, 5) is 33.4. The first-order valence-corrected chi connectivity index (χ1v) is 13.9. The molecule has 0 unspecified atom stereocenters. The lowest BCUT2D eigenvalue weighted by Crippen LogP contribution is -2.28. The highest BCUT2D eigenvalue weighted by atomic mass is 16.5. The molecule has 0 spiro atoms. The highest BCUT2D eigenvalue weighted by Gasteiger charge is 2.18. The fourth-order valence-corrected chi connectivity index (χ4v) is 4.91. The molecule has 41 heavy (non-hydrogen) atoms. The van der Waals surface area contributed by atoms with Gasteiger partial charge in [-0.15, -0.1) is 0 Å². The van der Waals surface area contributed by atoms with Crippen LogP contribution < -0.4 is 16.1 Å². The van der Waals surface area contributed by atoms with Crippen LogP contribution in [0.5, 0.6) is 5.75 Å². The summed E-state index contributed by atoms with van der Waals surface area (Å²) in [5.41, 5.74) is 5.57. The number of aryl methyl sites for hydroxylation is 2. The predicted octanol–water partition coefficient (Wildman–Crippen LogP) is 6.13. The molecule has 0 fully saturated rings. The third-order valence-corrected chi connectivity index (χ3v) is 6.84. The SMILES string of the molecule is CCCc1nc(C)n(-c2ccc(OCC(C)C)cc2)c(=O)c1Cc1ccc(-c2ccccc2)c(-c2noc(=O)[nH]2)c1. The van der Waals surface area contributed by atoms with Crippen molar-refractivity contribution in [1.82, 2.24) is 19.7 Å². The van der Waals surface area contributed by atoms with Crippen molar-refractivity contribution in [2.45, 2.75) is 47.0 Å². The van der Waals surface area contributed by atoms with Crippen molar-refractivity contribution in [2.75, 3.05) is 6.61 Å². The Morgan fingerprint density at radius 1 is 0.976 bits per heavy atom. The lowest BCUT2D eigenvalue weighted by Gasteiger charge is -2.17. The van der Waals surface area contributed by atoms with E-state index >= 15 is 0 Å². The van der Waals surface area contributed by atoms with Gasteiger partial charge in [0.1, 0.15) is 11.6 Å². The van der Waals surface area contributed by atoms with Gasteiger partial charge in [0.25, 0.3) is 5.56 Å². The quantitative estimate of drug-likeness (QED) is 0.224. The molecule has 8 nitrogen and oxygen atoms in total. The van der Waals surface area contributed by atoms with Crippen molar-refractivity contribution in [3.63, 3.8) is 0 Å². The summed E-state index contributed by atoms with van der Waals surface area (Å²) in [6, 6.07) is 23.4. The maximum atomic E-state index is 14.1. The van der Waals surface area contributed by atoms with Crippen LogP contribution in [0.3, 0.4) is 0 Å². The van der Waals surface area contributed by atoms with Crippen LogP contribution in [0.25, 0.3) is 28.2 Å². The molecule has 0 saturated heterocycles. The predicted molar refractivity (Wildman–Crippen MR) is 160 cm³/mol. The molecule has 0 bridgehead atoms. The first-order chi connectivity index (χ1) is 19.8. The van der Waals surface area contributed by atoms with Gasteiger partial charge < -0.3 is 4.74 Å². The molecule has 0 saturated carbocycles. The zero-order valence-corrected chi connectivity index (χ0v) is 23.8. The minimum absolute atomic E-state index is 0.0969. The lowest BCUT2D eigenvalue weighted by molar-refractivity contribution is 0.271. The van der Waals surface area contributed by atoms with E-state index in [2.05, 4.69) is 30.9 Å². The summed E-state index contributed by atoms with van der Waals surface area (Å²) in [6.45, 7) is 8.77. The van der Waals surface area contributed by atoms with Gasteiger partial charge in [0, 0.05) is 17.5 Å². The number of rotatable bonds is 10. The van der Waals surface area contributed by atoms with E-state index in [0.717, 1.165) is 40.2 Å². The molecule has 5 rings (SSSR count). The van der Waals surface area contributed by atoms with Gasteiger partial charge in [-0.2, -0.15) is 0 Å². The summed E-state index contributed by atoms with van der Waals surface area (Å²) in [5, 5.41) is 3.95. The topological polar surface area (TPSA) is 103 Å². The molecule has 0 radical (unpaired) electrons. The van der Waals surface area contributed by atoms with Crippen molar-refractivity contribution >= 4 is 0 Å². The number of aromatic nitrogens is 4. The van der Waals surface area contributed by atoms with Crippen molar-refractivity contribution in [2.24, 2.45) is 5.92 Å². The van der Waals surface area contributed by atoms with E-state index in [0.29, 0.717) is 48.1 Å². The van der Waals surface area contributed by atoms with Crippen LogP contribution >= 0.6 is 0 Å². The van der Waals surface area contributed by atoms with E-state index in [-0.39, 0.29) is 5.56 Å². The minimum Gasteiger partial charge on any atom is -0.493 e. The van der Waals surface area contributed by atoms with Gasteiger partial charge in [0.05, 0.1) is 18.0 Å². The van der Waals surface area contributed by atoms with Crippen LogP contribution in [0.4, 0.5) is 0 Å². The Hall–Kier alpha value is -4.72. The van der Waals surface area contributed by atoms with Gasteiger partial charge in [-0.3, -0.25) is 18.9 Å². The molecule has 5 aromatic rings. The Morgan fingerprint density at radius 3 is 2.39 bits per heavy atom. The fraction of sp³-hybridized carbons (Fsp3) is 0.273. The van der Waals surface area contributed by atoms with Crippen molar-refractivity contribution in [1.29, 1.82) is 0 Å². The second kappa shape index (κ2) is 12.2. The number of hydrogen-bond donors (Lipinski definition) is 1. The second-order valence-electron chi connectivity index (χ2n) is 10.5. The molecule has 0 aliphatic rings. The molecular formula is C33H34N4O4. The monoisotopic (exact) mass is 550 g/mol. The summed E-state index contributed by atoms with van der Waals surface area (Å²) < 4.78 is 12.3. The largest absolute Gasteiger partial charge is 0.493 e. The highest BCUT2D eigenvalue weighted by Crippen LogP contribution is 2.31. The Balaban J connectivity index is 1.57. The van der Waals surface area contributed by atoms with Crippen LogP contribution in [0.1, 0.15) is 49.8 Å². The van der Waals surface area contributed by atoms with E-state index in [1.54, 1.807) is 4.57 Å². The first-order valence-electron chi connectivity index (χ1n) is 13.9. The van der Waals surface area contributed by atoms with Gasteiger partial charge in [-0.25, -0.2) is 9.78 Å². The van der Waals surface area contributed by atoms with E-state index in [1.807, 2.05) is 79.7 Å². The molecule has 210 valence electrons. The molecule has 2 aromatic heterocycles. The van der Waals surface area contributed by atoms with Gasteiger partial charge in [0.15, 0.2) is 5.82 Å². The number of H-pyrrole nitrogens is 1. The Morgan fingerprint density at radius 2 is 1.73 bits per heavy atom. The zero-order chi connectivity index (χ0) is 28.9. The molecule has 8 heteroatoms. The molecule has 0 amide bonds. The van der Waals surface area contributed by atoms with Crippen molar-refractivity contribution < 1.29 is 9.26 Å². The van der Waals surface area contributed by atoms with E-state index in [4.69, 9.17) is 14.2 Å². The molecular weight excluding hydrogens is 516 g/mol. The first kappa shape index (κ1) is 27.8. The van der Waals surface area contributed by atoms with Gasteiger partial charge in [-0.05, 0) is 66.3 Å². The van der Waals surface area contributed by atoms with Crippen molar-refractivity contribution in [3.8, 4) is 34.0 Å². The van der Waals surface area contributed by atoms with E-state index in [9.17, 15) is 9.59 Å². The Bertz CT molecular complexity index is 1750. The third-order valence-electron chi connectivity index (χ3n) is 6.84. The molecule has 0 atom stereocenters. The number of benzene rings is 3. The number of nitrogens with zero attached hydrogens (tertiary/aromatic N) is 3. The van der Waals surface area contributed by atoms with Gasteiger partial charge in [0.2, 0.25) is 0 Å². The standard InChI is InChI=1S/C33H34N4O4/c1-5-9-30-29(32(38)37(22(4)34-30)25-13-15-26(16-14-25)40-20-21(2)3)19-23-12-17-27(24-10-7-6-8-11-24)28(18-23)31-35-33(39)41-36-31/h6-8,10-18,21H,5,9,19-20H2,1-4H3,(H,35,36,39).